The van der Waals surface area contributed by atoms with E-state index in [2.05, 4.69) is 47.2 Å². The molecule has 2 rings (SSSR count). The molecule has 0 heterocycles. The number of benzene rings is 1. The second-order valence-corrected chi connectivity index (χ2v) is 7.40. The standard InChI is InChI=1S/C17H25BrClN/c1-3-9-20-17(13-6-4-5-12(2)10-13)14-7-8-16(19)15(18)11-14/h7-8,11-13,17,20H,3-6,9-10H2,1-2H3. The van der Waals surface area contributed by atoms with Crippen LogP contribution in [0.4, 0.5) is 0 Å². The van der Waals surface area contributed by atoms with Crippen molar-refractivity contribution in [2.75, 3.05) is 6.54 Å². The Hall–Kier alpha value is -0.0500. The fourth-order valence-corrected chi connectivity index (χ4v) is 3.86. The van der Waals surface area contributed by atoms with Crippen LogP contribution in [0.3, 0.4) is 0 Å². The Kier molecular flexibility index (Phi) is 6.38. The average Bonchev–Trinajstić information content (AvgIpc) is 2.43. The van der Waals surface area contributed by atoms with Crippen LogP contribution in [0.25, 0.3) is 0 Å². The van der Waals surface area contributed by atoms with Gasteiger partial charge in [0.25, 0.3) is 0 Å². The molecule has 1 fully saturated rings. The van der Waals surface area contributed by atoms with E-state index in [1.807, 2.05) is 6.07 Å². The van der Waals surface area contributed by atoms with Crippen LogP contribution >= 0.6 is 27.5 Å². The predicted octanol–water partition coefficient (Wildman–Crippen LogP) is 5.97. The smallest absolute Gasteiger partial charge is 0.0548 e. The van der Waals surface area contributed by atoms with Crippen LogP contribution in [0.15, 0.2) is 22.7 Å². The highest BCUT2D eigenvalue weighted by Crippen LogP contribution is 2.38. The van der Waals surface area contributed by atoms with Crippen molar-refractivity contribution in [2.24, 2.45) is 11.8 Å². The maximum Gasteiger partial charge on any atom is 0.0548 e. The van der Waals surface area contributed by atoms with Gasteiger partial charge in [0, 0.05) is 10.5 Å². The monoisotopic (exact) mass is 357 g/mol. The predicted molar refractivity (Wildman–Crippen MR) is 91.3 cm³/mol. The largest absolute Gasteiger partial charge is 0.310 e. The Morgan fingerprint density at radius 3 is 2.85 bits per heavy atom. The minimum atomic E-state index is 0.464. The summed E-state index contributed by atoms with van der Waals surface area (Å²) in [5.74, 6) is 1.61. The van der Waals surface area contributed by atoms with E-state index in [0.29, 0.717) is 6.04 Å². The minimum absolute atomic E-state index is 0.464. The van der Waals surface area contributed by atoms with E-state index >= 15 is 0 Å². The molecule has 0 aliphatic heterocycles. The molecule has 1 aromatic rings. The Morgan fingerprint density at radius 2 is 2.20 bits per heavy atom. The zero-order chi connectivity index (χ0) is 14.5. The van der Waals surface area contributed by atoms with Crippen molar-refractivity contribution in [3.05, 3.63) is 33.3 Å². The lowest BCUT2D eigenvalue weighted by Crippen LogP contribution is -2.31. The third-order valence-electron chi connectivity index (χ3n) is 4.37. The van der Waals surface area contributed by atoms with E-state index in [1.165, 1.54) is 37.7 Å². The number of hydrogen-bond donors (Lipinski definition) is 1. The molecular weight excluding hydrogens is 334 g/mol. The van der Waals surface area contributed by atoms with Gasteiger partial charge in [-0.1, -0.05) is 44.4 Å². The summed E-state index contributed by atoms with van der Waals surface area (Å²) >= 11 is 9.69. The summed E-state index contributed by atoms with van der Waals surface area (Å²) in [6.45, 7) is 5.70. The molecular formula is C17H25BrClN. The fraction of sp³-hybridized carbons (Fsp3) is 0.647. The minimum Gasteiger partial charge on any atom is -0.310 e. The van der Waals surface area contributed by atoms with Crippen molar-refractivity contribution in [3.8, 4) is 0 Å². The molecule has 0 radical (unpaired) electrons. The molecule has 1 aliphatic rings. The molecule has 1 N–H and O–H groups in total. The highest BCUT2D eigenvalue weighted by molar-refractivity contribution is 9.10. The lowest BCUT2D eigenvalue weighted by atomic mass is 9.76. The van der Waals surface area contributed by atoms with Gasteiger partial charge in [-0.05, 0) is 71.3 Å². The summed E-state index contributed by atoms with van der Waals surface area (Å²) in [7, 11) is 0. The van der Waals surface area contributed by atoms with Crippen molar-refractivity contribution in [1.82, 2.24) is 5.32 Å². The molecule has 0 spiro atoms. The van der Waals surface area contributed by atoms with E-state index in [0.717, 1.165) is 27.9 Å². The van der Waals surface area contributed by atoms with E-state index in [1.54, 1.807) is 0 Å². The van der Waals surface area contributed by atoms with Crippen LogP contribution in [0.5, 0.6) is 0 Å². The summed E-state index contributed by atoms with van der Waals surface area (Å²) in [6, 6.07) is 6.84. The molecule has 1 nitrogen and oxygen atoms in total. The normalized spacial score (nSPS) is 24.6. The van der Waals surface area contributed by atoms with Gasteiger partial charge in [-0.2, -0.15) is 0 Å². The number of halogens is 2. The van der Waals surface area contributed by atoms with Gasteiger partial charge < -0.3 is 5.32 Å². The molecule has 0 saturated heterocycles. The Morgan fingerprint density at radius 1 is 1.40 bits per heavy atom. The van der Waals surface area contributed by atoms with Gasteiger partial charge in [-0.3, -0.25) is 0 Å². The van der Waals surface area contributed by atoms with Gasteiger partial charge >= 0.3 is 0 Å². The van der Waals surface area contributed by atoms with E-state index in [9.17, 15) is 0 Å². The van der Waals surface area contributed by atoms with E-state index in [4.69, 9.17) is 11.6 Å². The van der Waals surface area contributed by atoms with Gasteiger partial charge in [0.15, 0.2) is 0 Å². The lowest BCUT2D eigenvalue weighted by molar-refractivity contribution is 0.223. The van der Waals surface area contributed by atoms with Crippen molar-refractivity contribution in [2.45, 2.75) is 52.0 Å². The quantitative estimate of drug-likeness (QED) is 0.683. The average molecular weight is 359 g/mol. The summed E-state index contributed by atoms with van der Waals surface area (Å²) in [6.07, 6.45) is 6.60. The van der Waals surface area contributed by atoms with E-state index in [-0.39, 0.29) is 0 Å². The van der Waals surface area contributed by atoms with Gasteiger partial charge in [-0.25, -0.2) is 0 Å². The van der Waals surface area contributed by atoms with Gasteiger partial charge in [0.05, 0.1) is 5.02 Å². The maximum absolute atomic E-state index is 6.13. The molecule has 1 aliphatic carbocycles. The van der Waals surface area contributed by atoms with Crippen LogP contribution < -0.4 is 5.32 Å². The summed E-state index contributed by atoms with van der Waals surface area (Å²) < 4.78 is 1.00. The third-order valence-corrected chi connectivity index (χ3v) is 5.58. The Balaban J connectivity index is 2.19. The Labute approximate surface area is 136 Å². The molecule has 1 saturated carbocycles. The molecule has 20 heavy (non-hydrogen) atoms. The highest BCUT2D eigenvalue weighted by Gasteiger charge is 2.27. The van der Waals surface area contributed by atoms with Gasteiger partial charge in [0.2, 0.25) is 0 Å². The molecule has 3 atom stereocenters. The SMILES string of the molecule is CCCNC(c1ccc(Cl)c(Br)c1)C1CCCC(C)C1. The maximum atomic E-state index is 6.13. The highest BCUT2D eigenvalue weighted by atomic mass is 79.9. The summed E-state index contributed by atoms with van der Waals surface area (Å²) in [4.78, 5) is 0. The first kappa shape index (κ1) is 16.3. The zero-order valence-corrected chi connectivity index (χ0v) is 14.8. The second kappa shape index (κ2) is 7.82. The number of rotatable bonds is 5. The molecule has 3 unspecified atom stereocenters. The van der Waals surface area contributed by atoms with Crippen LogP contribution in [-0.4, -0.2) is 6.54 Å². The first-order valence-corrected chi connectivity index (χ1v) is 8.97. The molecule has 0 amide bonds. The van der Waals surface area contributed by atoms with Crippen molar-refractivity contribution in [3.63, 3.8) is 0 Å². The van der Waals surface area contributed by atoms with Crippen molar-refractivity contribution >= 4 is 27.5 Å². The molecule has 0 aromatic heterocycles. The fourth-order valence-electron chi connectivity index (χ4n) is 3.35. The molecule has 1 aromatic carbocycles. The third kappa shape index (κ3) is 4.22. The van der Waals surface area contributed by atoms with Crippen LogP contribution in [0, 0.1) is 11.8 Å². The number of nitrogens with one attached hydrogen (secondary N) is 1. The van der Waals surface area contributed by atoms with E-state index < -0.39 is 0 Å². The van der Waals surface area contributed by atoms with Crippen molar-refractivity contribution in [1.29, 1.82) is 0 Å². The molecule has 3 heteroatoms. The van der Waals surface area contributed by atoms with Crippen LogP contribution in [0.2, 0.25) is 5.02 Å². The second-order valence-electron chi connectivity index (χ2n) is 6.14. The molecule has 0 bridgehead atoms. The topological polar surface area (TPSA) is 12.0 Å². The van der Waals surface area contributed by atoms with Gasteiger partial charge in [-0.15, -0.1) is 0 Å². The van der Waals surface area contributed by atoms with Gasteiger partial charge in [0.1, 0.15) is 0 Å². The summed E-state index contributed by atoms with van der Waals surface area (Å²) in [5, 5.41) is 4.55. The number of hydrogen-bond acceptors (Lipinski definition) is 1. The Bertz CT molecular complexity index is 435. The van der Waals surface area contributed by atoms with Crippen LogP contribution in [0.1, 0.15) is 57.6 Å². The van der Waals surface area contributed by atoms with Crippen LogP contribution in [-0.2, 0) is 0 Å². The first-order chi connectivity index (χ1) is 9.61. The summed E-state index contributed by atoms with van der Waals surface area (Å²) in [5.41, 5.74) is 1.37. The first-order valence-electron chi connectivity index (χ1n) is 7.80. The zero-order valence-electron chi connectivity index (χ0n) is 12.5. The van der Waals surface area contributed by atoms with Crippen molar-refractivity contribution < 1.29 is 0 Å². The molecule has 112 valence electrons. The lowest BCUT2D eigenvalue weighted by Gasteiger charge is -2.34.